The van der Waals surface area contributed by atoms with Gasteiger partial charge < -0.3 is 20.1 Å². The van der Waals surface area contributed by atoms with E-state index in [2.05, 4.69) is 26.8 Å². The highest BCUT2D eigenvalue weighted by Crippen LogP contribution is 2.40. The predicted molar refractivity (Wildman–Crippen MR) is 80.1 cm³/mol. The van der Waals surface area contributed by atoms with Crippen molar-refractivity contribution in [3.8, 4) is 11.8 Å². The zero-order chi connectivity index (χ0) is 16.8. The Hall–Kier alpha value is -2.05. The van der Waals surface area contributed by atoms with Crippen LogP contribution >= 0.6 is 0 Å². The van der Waals surface area contributed by atoms with E-state index in [1.165, 1.54) is 17.8 Å². The van der Waals surface area contributed by atoms with Crippen molar-refractivity contribution in [1.82, 2.24) is 19.5 Å². The zero-order valence-corrected chi connectivity index (χ0v) is 13.0. The molecule has 23 heavy (non-hydrogen) atoms. The number of aromatic nitrogens is 4. The van der Waals surface area contributed by atoms with Crippen molar-refractivity contribution in [3.05, 3.63) is 18.3 Å². The van der Waals surface area contributed by atoms with Gasteiger partial charge in [0, 0.05) is 0 Å². The normalized spacial score (nSPS) is 31.8. The van der Waals surface area contributed by atoms with Crippen LogP contribution in [-0.4, -0.2) is 58.8 Å². The number of rotatable bonds is 2. The molecule has 0 bridgehead atoms. The second-order valence-electron chi connectivity index (χ2n) is 5.62. The molecule has 0 aliphatic carbocycles. The van der Waals surface area contributed by atoms with Crippen molar-refractivity contribution in [2.45, 2.75) is 50.9 Å². The maximum Gasteiger partial charge on any atom is 0.199 e. The van der Waals surface area contributed by atoms with Gasteiger partial charge in [0.25, 0.3) is 0 Å². The molecule has 8 heteroatoms. The van der Waals surface area contributed by atoms with Crippen LogP contribution in [0.3, 0.4) is 0 Å². The van der Waals surface area contributed by atoms with E-state index in [9.17, 15) is 15.3 Å². The highest BCUT2D eigenvalue weighted by atomic mass is 16.6. The molecule has 1 saturated heterocycles. The number of imidazole rings is 1. The number of hydrogen-bond donors (Lipinski definition) is 3. The smallest absolute Gasteiger partial charge is 0.199 e. The van der Waals surface area contributed by atoms with Gasteiger partial charge in [-0.3, -0.25) is 4.57 Å². The summed E-state index contributed by atoms with van der Waals surface area (Å²) < 4.78 is 7.21. The van der Waals surface area contributed by atoms with Gasteiger partial charge in [-0.05, 0) is 20.8 Å². The molecule has 0 amide bonds. The van der Waals surface area contributed by atoms with Crippen LogP contribution in [0.1, 0.15) is 25.9 Å². The third-order valence-electron chi connectivity index (χ3n) is 3.91. The second kappa shape index (κ2) is 5.54. The fourth-order valence-electron chi connectivity index (χ4n) is 2.80. The van der Waals surface area contributed by atoms with E-state index >= 15 is 0 Å². The van der Waals surface area contributed by atoms with Gasteiger partial charge in [-0.25, -0.2) is 15.0 Å². The Morgan fingerprint density at radius 1 is 1.43 bits per heavy atom. The summed E-state index contributed by atoms with van der Waals surface area (Å²) in [5.41, 5.74) is -0.902. The lowest BCUT2D eigenvalue weighted by molar-refractivity contribution is -0.0847. The number of hydrogen-bond acceptors (Lipinski definition) is 7. The van der Waals surface area contributed by atoms with E-state index in [1.54, 1.807) is 20.0 Å². The Balaban J connectivity index is 2.14. The molecule has 0 radical (unpaired) electrons. The summed E-state index contributed by atoms with van der Waals surface area (Å²) in [5.74, 6) is 5.74. The molecule has 1 unspecified atom stereocenters. The third-order valence-corrected chi connectivity index (χ3v) is 3.91. The summed E-state index contributed by atoms with van der Waals surface area (Å²) in [5, 5.41) is 31.1. The lowest BCUT2D eigenvalue weighted by Crippen LogP contribution is -2.47. The first kappa shape index (κ1) is 15.8. The molecule has 8 nitrogen and oxygen atoms in total. The molecule has 2 aromatic heterocycles. The topological polar surface area (TPSA) is 114 Å². The molecule has 3 rings (SSSR count). The van der Waals surface area contributed by atoms with Gasteiger partial charge in [-0.1, -0.05) is 5.92 Å². The lowest BCUT2D eigenvalue weighted by Gasteiger charge is -2.26. The van der Waals surface area contributed by atoms with Crippen LogP contribution in [0, 0.1) is 18.8 Å². The monoisotopic (exact) mass is 318 g/mol. The largest absolute Gasteiger partial charge is 0.391 e. The van der Waals surface area contributed by atoms with Crippen LogP contribution in [0.25, 0.3) is 11.2 Å². The minimum atomic E-state index is -1.89. The number of nitrogens with zero attached hydrogens (tertiary/aromatic N) is 4. The molecular formula is C15H18N4O4. The predicted octanol–water partition coefficient (Wildman–Crippen LogP) is -0.472. The highest BCUT2D eigenvalue weighted by molar-refractivity contribution is 5.69. The molecule has 5 atom stereocenters. The van der Waals surface area contributed by atoms with E-state index in [1.807, 2.05) is 0 Å². The van der Waals surface area contributed by atoms with Gasteiger partial charge in [0.05, 0.1) is 18.6 Å². The molecule has 0 saturated carbocycles. The van der Waals surface area contributed by atoms with Crippen LogP contribution in [0.5, 0.6) is 0 Å². The first-order valence-electron chi connectivity index (χ1n) is 7.22. The minimum Gasteiger partial charge on any atom is -0.391 e. The summed E-state index contributed by atoms with van der Waals surface area (Å²) in [6.07, 6.45) is -1.37. The summed E-state index contributed by atoms with van der Waals surface area (Å²) in [6, 6.07) is 0. The average molecular weight is 318 g/mol. The SMILES string of the molecule is CC#CC1(O)[C@@H](O)[C@@H]([C@@H](C)O)O[C@H]1n1cnc2cnc(C)nc21. The van der Waals surface area contributed by atoms with Crippen molar-refractivity contribution >= 4 is 11.2 Å². The second-order valence-corrected chi connectivity index (χ2v) is 5.62. The van der Waals surface area contributed by atoms with Crippen LogP contribution in [-0.2, 0) is 4.74 Å². The van der Waals surface area contributed by atoms with Gasteiger partial charge in [0.15, 0.2) is 17.5 Å². The summed E-state index contributed by atoms with van der Waals surface area (Å²) in [7, 11) is 0. The molecule has 0 spiro atoms. The molecule has 1 fully saturated rings. The maximum atomic E-state index is 10.9. The summed E-state index contributed by atoms with van der Waals surface area (Å²) in [6.45, 7) is 4.77. The molecule has 1 aliphatic rings. The van der Waals surface area contributed by atoms with Crippen molar-refractivity contribution in [2.75, 3.05) is 0 Å². The van der Waals surface area contributed by atoms with Crippen LogP contribution in [0.15, 0.2) is 12.5 Å². The van der Waals surface area contributed by atoms with Crippen molar-refractivity contribution in [2.24, 2.45) is 0 Å². The fourth-order valence-corrected chi connectivity index (χ4v) is 2.80. The molecular weight excluding hydrogens is 300 g/mol. The fraction of sp³-hybridized carbons (Fsp3) is 0.533. The van der Waals surface area contributed by atoms with E-state index in [4.69, 9.17) is 4.74 Å². The van der Waals surface area contributed by atoms with E-state index < -0.39 is 30.1 Å². The number of aryl methyl sites for hydroxylation is 1. The molecule has 2 aromatic rings. The molecule has 3 N–H and O–H groups in total. The minimum absolute atomic E-state index is 0.456. The third kappa shape index (κ3) is 2.38. The Labute approximate surface area is 132 Å². The number of fused-ring (bicyclic) bond motifs is 1. The van der Waals surface area contributed by atoms with E-state index in [-0.39, 0.29) is 0 Å². The van der Waals surface area contributed by atoms with Crippen LogP contribution in [0.2, 0.25) is 0 Å². The Bertz CT molecular complexity index is 794. The van der Waals surface area contributed by atoms with Crippen molar-refractivity contribution in [3.63, 3.8) is 0 Å². The number of ether oxygens (including phenoxy) is 1. The first-order valence-corrected chi connectivity index (χ1v) is 7.22. The standard InChI is InChI=1S/C15H18N4O4/c1-4-5-15(22)12(21)11(8(2)20)23-14(15)19-7-17-10-6-16-9(3)18-13(10)19/h6-8,11-12,14,20-22H,1-3H3/t8-,11-,12+,14-,15?/m1/s1. The highest BCUT2D eigenvalue weighted by Gasteiger charge is 2.57. The Morgan fingerprint density at radius 2 is 2.17 bits per heavy atom. The Kier molecular flexibility index (Phi) is 3.82. The first-order chi connectivity index (χ1) is 10.9. The van der Waals surface area contributed by atoms with Gasteiger partial charge in [0.2, 0.25) is 0 Å². The zero-order valence-electron chi connectivity index (χ0n) is 13.0. The van der Waals surface area contributed by atoms with Gasteiger partial charge in [0.1, 0.15) is 23.5 Å². The molecule has 1 aliphatic heterocycles. The van der Waals surface area contributed by atoms with E-state index in [0.29, 0.717) is 17.0 Å². The average Bonchev–Trinajstić information content (AvgIpc) is 3.00. The van der Waals surface area contributed by atoms with Crippen LogP contribution < -0.4 is 0 Å². The summed E-state index contributed by atoms with van der Waals surface area (Å²) in [4.78, 5) is 12.6. The lowest BCUT2D eigenvalue weighted by atomic mass is 9.93. The quantitative estimate of drug-likeness (QED) is 0.641. The maximum absolute atomic E-state index is 10.9. The van der Waals surface area contributed by atoms with Gasteiger partial charge >= 0.3 is 0 Å². The molecule has 0 aromatic carbocycles. The molecule has 122 valence electrons. The molecule has 3 heterocycles. The Morgan fingerprint density at radius 3 is 2.83 bits per heavy atom. The van der Waals surface area contributed by atoms with Crippen molar-refractivity contribution < 1.29 is 20.1 Å². The number of aliphatic hydroxyl groups is 3. The van der Waals surface area contributed by atoms with Crippen LogP contribution in [0.4, 0.5) is 0 Å². The van der Waals surface area contributed by atoms with Gasteiger partial charge in [-0.15, -0.1) is 5.92 Å². The summed E-state index contributed by atoms with van der Waals surface area (Å²) >= 11 is 0. The van der Waals surface area contributed by atoms with Gasteiger partial charge in [-0.2, -0.15) is 0 Å². The van der Waals surface area contributed by atoms with Crippen molar-refractivity contribution in [1.29, 1.82) is 0 Å². The van der Waals surface area contributed by atoms with E-state index in [0.717, 1.165) is 0 Å². The number of aliphatic hydroxyl groups excluding tert-OH is 2.